The summed E-state index contributed by atoms with van der Waals surface area (Å²) >= 11 is 0. The van der Waals surface area contributed by atoms with E-state index in [2.05, 4.69) is 5.32 Å². The third-order valence-electron chi connectivity index (χ3n) is 7.34. The van der Waals surface area contributed by atoms with Crippen molar-refractivity contribution in [1.82, 2.24) is 10.2 Å². The molecule has 0 unspecified atom stereocenters. The van der Waals surface area contributed by atoms with Gasteiger partial charge in [0.05, 0.1) is 18.8 Å². The van der Waals surface area contributed by atoms with Crippen LogP contribution in [0.5, 0.6) is 0 Å². The lowest BCUT2D eigenvalue weighted by Crippen LogP contribution is -2.56. The summed E-state index contributed by atoms with van der Waals surface area (Å²) in [5.41, 5.74) is 1.01. The summed E-state index contributed by atoms with van der Waals surface area (Å²) in [5, 5.41) is 2.80. The Kier molecular flexibility index (Phi) is 10.4. The number of methoxy groups -OCH3 is 1. The SMILES string of the molecule is COC(=O)c1ccc(C2CCN(C(=O)[C@@H](NC(=O)OC(C)(C)C)[C@@H](C)OCC3CCCCC3)CC2)cc1. The molecule has 0 bridgehead atoms. The van der Waals surface area contributed by atoms with E-state index >= 15 is 0 Å². The quantitative estimate of drug-likeness (QED) is 0.486. The van der Waals surface area contributed by atoms with Crippen LogP contribution in [0.2, 0.25) is 0 Å². The number of benzene rings is 1. The van der Waals surface area contributed by atoms with E-state index in [-0.39, 0.29) is 11.9 Å². The number of nitrogens with one attached hydrogen (secondary N) is 1. The average molecular weight is 517 g/mol. The Bertz CT molecular complexity index is 896. The highest BCUT2D eigenvalue weighted by Crippen LogP contribution is 2.29. The van der Waals surface area contributed by atoms with Gasteiger partial charge < -0.3 is 24.4 Å². The van der Waals surface area contributed by atoms with Gasteiger partial charge in [-0.3, -0.25) is 4.79 Å². The third kappa shape index (κ3) is 8.73. The highest BCUT2D eigenvalue weighted by molar-refractivity contribution is 5.89. The number of esters is 1. The number of hydrogen-bond acceptors (Lipinski definition) is 6. The van der Waals surface area contributed by atoms with E-state index in [1.54, 1.807) is 32.9 Å². The van der Waals surface area contributed by atoms with E-state index in [0.717, 1.165) is 31.2 Å². The summed E-state index contributed by atoms with van der Waals surface area (Å²) < 4.78 is 16.4. The molecule has 1 saturated carbocycles. The molecule has 1 saturated heterocycles. The maximum absolute atomic E-state index is 13.6. The van der Waals surface area contributed by atoms with Gasteiger partial charge in [-0.2, -0.15) is 0 Å². The highest BCUT2D eigenvalue weighted by Gasteiger charge is 2.35. The summed E-state index contributed by atoms with van der Waals surface area (Å²) in [6.45, 7) is 9.04. The monoisotopic (exact) mass is 516 g/mol. The van der Waals surface area contributed by atoms with Crippen molar-refractivity contribution >= 4 is 18.0 Å². The number of nitrogens with zero attached hydrogens (tertiary/aromatic N) is 1. The molecule has 2 fully saturated rings. The number of carbonyl (C=O) groups is 3. The molecule has 37 heavy (non-hydrogen) atoms. The molecule has 2 aliphatic rings. The van der Waals surface area contributed by atoms with Crippen molar-refractivity contribution < 1.29 is 28.6 Å². The minimum absolute atomic E-state index is 0.138. The molecule has 2 amide bonds. The molecule has 1 aromatic rings. The Labute approximate surface area is 221 Å². The number of carbonyl (C=O) groups excluding carboxylic acids is 3. The van der Waals surface area contributed by atoms with Gasteiger partial charge in [0.1, 0.15) is 11.6 Å². The van der Waals surface area contributed by atoms with Crippen LogP contribution in [-0.4, -0.2) is 67.4 Å². The van der Waals surface area contributed by atoms with Crippen molar-refractivity contribution in [3.63, 3.8) is 0 Å². The van der Waals surface area contributed by atoms with Crippen LogP contribution in [-0.2, 0) is 19.0 Å². The number of ether oxygens (including phenoxy) is 3. The zero-order valence-electron chi connectivity index (χ0n) is 23.1. The first-order valence-electron chi connectivity index (χ1n) is 13.7. The number of amides is 2. The van der Waals surface area contributed by atoms with Gasteiger partial charge in [-0.1, -0.05) is 31.4 Å². The molecule has 1 heterocycles. The Morgan fingerprint density at radius 1 is 1.00 bits per heavy atom. The topological polar surface area (TPSA) is 94.2 Å². The highest BCUT2D eigenvalue weighted by atomic mass is 16.6. The molecule has 0 radical (unpaired) electrons. The molecule has 1 N–H and O–H groups in total. The molecule has 206 valence electrons. The van der Waals surface area contributed by atoms with Crippen LogP contribution >= 0.6 is 0 Å². The molecule has 0 aromatic heterocycles. The number of likely N-dealkylation sites (tertiary alicyclic amines) is 1. The molecular weight excluding hydrogens is 472 g/mol. The minimum atomic E-state index is -0.811. The summed E-state index contributed by atoms with van der Waals surface area (Å²) in [6.07, 6.45) is 6.56. The van der Waals surface area contributed by atoms with Gasteiger partial charge in [0.25, 0.3) is 0 Å². The van der Waals surface area contributed by atoms with Crippen LogP contribution in [0.4, 0.5) is 4.79 Å². The fourth-order valence-corrected chi connectivity index (χ4v) is 5.19. The molecule has 1 aliphatic carbocycles. The van der Waals surface area contributed by atoms with Crippen LogP contribution in [0.3, 0.4) is 0 Å². The predicted molar refractivity (Wildman–Crippen MR) is 141 cm³/mol. The zero-order valence-corrected chi connectivity index (χ0v) is 23.1. The fraction of sp³-hybridized carbons (Fsp3) is 0.690. The molecule has 2 atom stereocenters. The predicted octanol–water partition coefficient (Wildman–Crippen LogP) is 5.06. The standard InChI is InChI=1S/C29H44N2O6/c1-20(36-19-21-9-7-6-8-10-21)25(30-28(34)37-29(2,3)4)26(32)31-17-15-23(16-18-31)22-11-13-24(14-12-22)27(33)35-5/h11-14,20-21,23,25H,6-10,15-19H2,1-5H3,(H,30,34)/t20-,25+/m1/s1. The molecule has 8 heteroatoms. The molecule has 3 rings (SSSR count). The second kappa shape index (κ2) is 13.3. The Morgan fingerprint density at radius 2 is 1.62 bits per heavy atom. The number of rotatable bonds is 8. The summed E-state index contributed by atoms with van der Waals surface area (Å²) in [7, 11) is 1.37. The lowest BCUT2D eigenvalue weighted by Gasteiger charge is -2.36. The lowest BCUT2D eigenvalue weighted by atomic mass is 9.88. The second-order valence-corrected chi connectivity index (χ2v) is 11.4. The lowest BCUT2D eigenvalue weighted by molar-refractivity contribution is -0.138. The normalized spacial score (nSPS) is 19.1. The molecule has 0 spiro atoms. The maximum atomic E-state index is 13.6. The van der Waals surface area contributed by atoms with Crippen LogP contribution in [0.1, 0.15) is 94.5 Å². The van der Waals surface area contributed by atoms with E-state index in [4.69, 9.17) is 14.2 Å². The van der Waals surface area contributed by atoms with Crippen molar-refractivity contribution in [3.05, 3.63) is 35.4 Å². The van der Waals surface area contributed by atoms with E-state index < -0.39 is 23.8 Å². The van der Waals surface area contributed by atoms with Crippen molar-refractivity contribution in [2.45, 2.75) is 96.3 Å². The van der Waals surface area contributed by atoms with E-state index in [1.165, 1.54) is 26.4 Å². The summed E-state index contributed by atoms with van der Waals surface area (Å²) in [4.78, 5) is 39.8. The summed E-state index contributed by atoms with van der Waals surface area (Å²) in [6, 6.07) is 6.68. The average Bonchev–Trinajstić information content (AvgIpc) is 2.89. The van der Waals surface area contributed by atoms with Crippen LogP contribution in [0.25, 0.3) is 0 Å². The molecular formula is C29H44N2O6. The fourth-order valence-electron chi connectivity index (χ4n) is 5.19. The van der Waals surface area contributed by atoms with Gasteiger partial charge in [0, 0.05) is 19.7 Å². The number of alkyl carbamates (subject to hydrolysis) is 1. The second-order valence-electron chi connectivity index (χ2n) is 11.4. The zero-order chi connectivity index (χ0) is 27.0. The number of hydrogen-bond donors (Lipinski definition) is 1. The smallest absolute Gasteiger partial charge is 0.408 e. The number of piperidine rings is 1. The van der Waals surface area contributed by atoms with E-state index in [9.17, 15) is 14.4 Å². The Morgan fingerprint density at radius 3 is 2.19 bits per heavy atom. The van der Waals surface area contributed by atoms with Crippen molar-refractivity contribution in [3.8, 4) is 0 Å². The van der Waals surface area contributed by atoms with E-state index in [1.807, 2.05) is 24.0 Å². The van der Waals surface area contributed by atoms with E-state index in [0.29, 0.717) is 37.1 Å². The largest absolute Gasteiger partial charge is 0.465 e. The van der Waals surface area contributed by atoms with Crippen molar-refractivity contribution in [2.75, 3.05) is 26.8 Å². The van der Waals surface area contributed by atoms with Gasteiger partial charge in [-0.25, -0.2) is 9.59 Å². The van der Waals surface area contributed by atoms with Crippen LogP contribution in [0, 0.1) is 5.92 Å². The van der Waals surface area contributed by atoms with Gasteiger partial charge in [-0.05, 0) is 82.9 Å². The Balaban J connectivity index is 1.61. The minimum Gasteiger partial charge on any atom is -0.465 e. The van der Waals surface area contributed by atoms with Gasteiger partial charge in [-0.15, -0.1) is 0 Å². The van der Waals surface area contributed by atoms with Crippen LogP contribution in [0.15, 0.2) is 24.3 Å². The first-order chi connectivity index (χ1) is 17.6. The van der Waals surface area contributed by atoms with Gasteiger partial charge >= 0.3 is 12.1 Å². The van der Waals surface area contributed by atoms with Gasteiger partial charge in [0.2, 0.25) is 5.91 Å². The molecule has 1 aromatic carbocycles. The summed E-state index contributed by atoms with van der Waals surface area (Å²) in [5.74, 6) is 0.319. The van der Waals surface area contributed by atoms with Crippen LogP contribution < -0.4 is 5.32 Å². The molecule has 8 nitrogen and oxygen atoms in total. The van der Waals surface area contributed by atoms with Crippen molar-refractivity contribution in [1.29, 1.82) is 0 Å². The first kappa shape index (κ1) is 29.0. The first-order valence-corrected chi connectivity index (χ1v) is 13.7. The maximum Gasteiger partial charge on any atom is 0.408 e. The third-order valence-corrected chi connectivity index (χ3v) is 7.34. The Hall–Kier alpha value is -2.61. The van der Waals surface area contributed by atoms with Gasteiger partial charge in [0.15, 0.2) is 0 Å². The molecule has 1 aliphatic heterocycles. The van der Waals surface area contributed by atoms with Crippen molar-refractivity contribution in [2.24, 2.45) is 5.92 Å².